The topological polar surface area (TPSA) is 117 Å². The van der Waals surface area contributed by atoms with E-state index >= 15 is 0 Å². The first-order valence-electron chi connectivity index (χ1n) is 14.8. The minimum Gasteiger partial charge on any atom is -0.371 e. The van der Waals surface area contributed by atoms with Gasteiger partial charge in [-0.15, -0.1) is 11.3 Å². The lowest BCUT2D eigenvalue weighted by atomic mass is 9.94. The van der Waals surface area contributed by atoms with Crippen molar-refractivity contribution >= 4 is 29.1 Å². The van der Waals surface area contributed by atoms with Crippen LogP contribution in [0.2, 0.25) is 0 Å². The standard InChI is InChI=1S/C30H44N6O4S/c1-5-20(2)26(34-28(38)24-11-7-9-16-35(24)3)30(39)36(4)22-13-17-40-25(18-22)29-33-23(19-41-29)27(37)32-15-12-21-10-6-8-14-31-21/h6,8,10,14,19-20,22,24-26H,5,7,9,11-13,15-18H2,1-4H3,(H,32,37)(H,34,38)/t20-,22-,24+,25+,26-/m0/s1. The molecule has 2 saturated heterocycles. The number of likely N-dealkylation sites (tertiary alicyclic amines) is 1. The molecule has 2 N–H and O–H groups in total. The summed E-state index contributed by atoms with van der Waals surface area (Å²) >= 11 is 1.40. The predicted molar refractivity (Wildman–Crippen MR) is 159 cm³/mol. The zero-order chi connectivity index (χ0) is 29.4. The highest BCUT2D eigenvalue weighted by atomic mass is 32.1. The fourth-order valence-corrected chi connectivity index (χ4v) is 6.38. The van der Waals surface area contributed by atoms with E-state index in [2.05, 4.69) is 25.5 Å². The molecule has 2 fully saturated rings. The smallest absolute Gasteiger partial charge is 0.270 e. The molecule has 0 saturated carbocycles. The normalized spacial score (nSPS) is 22.9. The van der Waals surface area contributed by atoms with Crippen molar-refractivity contribution < 1.29 is 19.1 Å². The molecule has 2 aromatic rings. The van der Waals surface area contributed by atoms with Gasteiger partial charge in [-0.2, -0.15) is 0 Å². The van der Waals surface area contributed by atoms with Crippen LogP contribution in [0, 0.1) is 5.92 Å². The molecule has 0 bridgehead atoms. The SMILES string of the molecule is CC[C@H](C)[C@H](NC(=O)[C@H]1CCCCN1C)C(=O)N(C)[C@H]1CCO[C@@H](c2nc(C(=O)NCCc3ccccn3)cs2)C1. The van der Waals surface area contributed by atoms with Gasteiger partial charge in [0.1, 0.15) is 22.8 Å². The maximum atomic E-state index is 13.8. The first kappa shape index (κ1) is 31.1. The van der Waals surface area contributed by atoms with Gasteiger partial charge in [0.2, 0.25) is 11.8 Å². The zero-order valence-corrected chi connectivity index (χ0v) is 25.5. The number of aromatic nitrogens is 2. The van der Waals surface area contributed by atoms with Gasteiger partial charge in [0.05, 0.1) is 6.04 Å². The van der Waals surface area contributed by atoms with Gasteiger partial charge in [-0.25, -0.2) is 4.98 Å². The summed E-state index contributed by atoms with van der Waals surface area (Å²) in [7, 11) is 3.81. The summed E-state index contributed by atoms with van der Waals surface area (Å²) in [5.74, 6) is -0.336. The summed E-state index contributed by atoms with van der Waals surface area (Å²) in [6, 6.07) is 4.91. The molecule has 4 rings (SSSR count). The third kappa shape index (κ3) is 8.11. The fraction of sp³-hybridized carbons (Fsp3) is 0.633. The number of hydrogen-bond donors (Lipinski definition) is 2. The lowest BCUT2D eigenvalue weighted by Crippen LogP contribution is -2.57. The van der Waals surface area contributed by atoms with Crippen molar-refractivity contribution in [3.05, 3.63) is 46.2 Å². The molecule has 2 aliphatic heterocycles. The van der Waals surface area contributed by atoms with Crippen LogP contribution < -0.4 is 10.6 Å². The number of ether oxygens (including phenoxy) is 1. The molecule has 2 aromatic heterocycles. The Morgan fingerprint density at radius 2 is 2.07 bits per heavy atom. The van der Waals surface area contributed by atoms with Crippen LogP contribution in [0.3, 0.4) is 0 Å². The number of piperidine rings is 1. The average Bonchev–Trinajstić information content (AvgIpc) is 3.50. The van der Waals surface area contributed by atoms with Crippen molar-refractivity contribution in [2.24, 2.45) is 5.92 Å². The van der Waals surface area contributed by atoms with Crippen molar-refractivity contribution in [2.75, 3.05) is 33.8 Å². The minimum atomic E-state index is -0.574. The van der Waals surface area contributed by atoms with Gasteiger partial charge in [-0.3, -0.25) is 24.3 Å². The first-order valence-corrected chi connectivity index (χ1v) is 15.7. The van der Waals surface area contributed by atoms with Crippen LogP contribution in [0.1, 0.15) is 79.7 Å². The monoisotopic (exact) mass is 584 g/mol. The Labute approximate surface area is 247 Å². The molecular formula is C30H44N6O4S. The number of hydrogen-bond acceptors (Lipinski definition) is 8. The second kappa shape index (κ2) is 14.8. The van der Waals surface area contributed by atoms with Gasteiger partial charge in [-0.05, 0) is 50.9 Å². The summed E-state index contributed by atoms with van der Waals surface area (Å²) in [6.07, 6.45) is 7.11. The number of carbonyl (C=O) groups excluding carboxylic acids is 3. The second-order valence-electron chi connectivity index (χ2n) is 11.2. The van der Waals surface area contributed by atoms with E-state index in [1.165, 1.54) is 11.3 Å². The van der Waals surface area contributed by atoms with Crippen LogP contribution in [-0.4, -0.2) is 89.4 Å². The Bertz CT molecular complexity index is 1160. The van der Waals surface area contributed by atoms with E-state index < -0.39 is 6.04 Å². The average molecular weight is 585 g/mol. The lowest BCUT2D eigenvalue weighted by Gasteiger charge is -2.38. The van der Waals surface area contributed by atoms with E-state index in [0.717, 1.165) is 42.9 Å². The Hall–Kier alpha value is -2.89. The van der Waals surface area contributed by atoms with Gasteiger partial charge in [-0.1, -0.05) is 32.8 Å². The quantitative estimate of drug-likeness (QED) is 0.417. The van der Waals surface area contributed by atoms with Gasteiger partial charge in [0, 0.05) is 56.4 Å². The summed E-state index contributed by atoms with van der Waals surface area (Å²) < 4.78 is 6.04. The molecule has 0 aromatic carbocycles. The van der Waals surface area contributed by atoms with E-state index in [1.54, 1.807) is 16.5 Å². The fourth-order valence-electron chi connectivity index (χ4n) is 5.52. The molecule has 0 radical (unpaired) electrons. The number of nitrogens with zero attached hydrogens (tertiary/aromatic N) is 4. The number of rotatable bonds is 11. The molecule has 41 heavy (non-hydrogen) atoms. The van der Waals surface area contributed by atoms with Gasteiger partial charge in [0.15, 0.2) is 0 Å². The summed E-state index contributed by atoms with van der Waals surface area (Å²) in [6.45, 7) is 5.93. The number of carbonyl (C=O) groups is 3. The number of nitrogens with one attached hydrogen (secondary N) is 2. The maximum absolute atomic E-state index is 13.8. The van der Waals surface area contributed by atoms with E-state index in [1.807, 2.05) is 46.1 Å². The highest BCUT2D eigenvalue weighted by Gasteiger charge is 2.37. The van der Waals surface area contributed by atoms with Crippen LogP contribution in [-0.2, 0) is 20.7 Å². The van der Waals surface area contributed by atoms with Crippen molar-refractivity contribution in [2.45, 2.75) is 83.0 Å². The Kier molecular flexibility index (Phi) is 11.2. The molecule has 0 spiro atoms. The van der Waals surface area contributed by atoms with Crippen molar-refractivity contribution in [1.29, 1.82) is 0 Å². The number of thiazole rings is 1. The summed E-state index contributed by atoms with van der Waals surface area (Å²) in [4.78, 5) is 52.4. The van der Waals surface area contributed by atoms with Crippen LogP contribution in [0.15, 0.2) is 29.8 Å². The second-order valence-corrected chi connectivity index (χ2v) is 12.1. The molecule has 3 amide bonds. The Morgan fingerprint density at radius 1 is 1.24 bits per heavy atom. The molecule has 4 heterocycles. The van der Waals surface area contributed by atoms with E-state index in [0.29, 0.717) is 38.1 Å². The summed E-state index contributed by atoms with van der Waals surface area (Å²) in [5.41, 5.74) is 1.29. The van der Waals surface area contributed by atoms with Crippen LogP contribution >= 0.6 is 11.3 Å². The van der Waals surface area contributed by atoms with E-state index in [4.69, 9.17) is 4.74 Å². The first-order chi connectivity index (χ1) is 19.8. The van der Waals surface area contributed by atoms with Crippen LogP contribution in [0.5, 0.6) is 0 Å². The largest absolute Gasteiger partial charge is 0.371 e. The maximum Gasteiger partial charge on any atom is 0.270 e. The van der Waals surface area contributed by atoms with Crippen molar-refractivity contribution in [3.8, 4) is 0 Å². The van der Waals surface area contributed by atoms with Crippen LogP contribution in [0.25, 0.3) is 0 Å². The minimum absolute atomic E-state index is 0.0103. The molecule has 10 nitrogen and oxygen atoms in total. The van der Waals surface area contributed by atoms with Gasteiger partial charge in [0.25, 0.3) is 5.91 Å². The molecule has 0 aliphatic carbocycles. The molecule has 0 unspecified atom stereocenters. The van der Waals surface area contributed by atoms with Crippen molar-refractivity contribution in [1.82, 2.24) is 30.4 Å². The Morgan fingerprint density at radius 3 is 2.80 bits per heavy atom. The number of amides is 3. The number of likely N-dealkylation sites (N-methyl/N-ethyl adjacent to an activating group) is 2. The number of pyridine rings is 1. The Balaban J connectivity index is 1.34. The summed E-state index contributed by atoms with van der Waals surface area (Å²) in [5, 5.41) is 8.51. The van der Waals surface area contributed by atoms with E-state index in [-0.39, 0.29) is 41.8 Å². The molecule has 224 valence electrons. The highest BCUT2D eigenvalue weighted by molar-refractivity contribution is 7.09. The molecule has 11 heteroatoms. The molecule has 5 atom stereocenters. The molecule has 2 aliphatic rings. The zero-order valence-electron chi connectivity index (χ0n) is 24.7. The van der Waals surface area contributed by atoms with Crippen LogP contribution in [0.4, 0.5) is 0 Å². The predicted octanol–water partition coefficient (Wildman–Crippen LogP) is 3.20. The van der Waals surface area contributed by atoms with E-state index in [9.17, 15) is 14.4 Å². The lowest BCUT2D eigenvalue weighted by molar-refractivity contribution is -0.142. The molecular weight excluding hydrogens is 540 g/mol. The third-order valence-electron chi connectivity index (χ3n) is 8.42. The highest BCUT2D eigenvalue weighted by Crippen LogP contribution is 2.32. The van der Waals surface area contributed by atoms with Gasteiger partial charge < -0.3 is 20.3 Å². The van der Waals surface area contributed by atoms with Crippen molar-refractivity contribution in [3.63, 3.8) is 0 Å². The van der Waals surface area contributed by atoms with Gasteiger partial charge >= 0.3 is 0 Å². The third-order valence-corrected chi connectivity index (χ3v) is 9.36.